The number of carboxylic acid groups (broad SMARTS) is 1. The van der Waals surface area contributed by atoms with E-state index in [0.29, 0.717) is 5.75 Å². The molecule has 0 aliphatic heterocycles. The summed E-state index contributed by atoms with van der Waals surface area (Å²) in [6.07, 6.45) is 0. The normalized spacial score (nSPS) is 9.20. The lowest BCUT2D eigenvalue weighted by Crippen LogP contribution is -1.49. The maximum Gasteiger partial charge on any atom is 0.290 e. The van der Waals surface area contributed by atoms with Crippen LogP contribution in [0.5, 0.6) is 5.75 Å². The first kappa shape index (κ1) is 6.61. The van der Waals surface area contributed by atoms with Gasteiger partial charge in [-0.1, -0.05) is 6.07 Å². The van der Waals surface area contributed by atoms with Crippen LogP contribution in [0.3, 0.4) is 0 Å². The van der Waals surface area contributed by atoms with Crippen molar-refractivity contribution in [1.82, 2.24) is 0 Å². The van der Waals surface area contributed by atoms with Crippen LogP contribution >= 0.6 is 0 Å². The molecule has 0 aromatic rings. The predicted octanol–water partition coefficient (Wildman–Crippen LogP) is 1.07. The Morgan fingerprint density at radius 3 is 2.10 bits per heavy atom. The van der Waals surface area contributed by atoms with Crippen LogP contribution in [0.25, 0.3) is 11.1 Å². The third kappa shape index (κ3) is 1.07. The molecule has 2 N–H and O–H groups in total. The standard InChI is InChI=1S/C6H4O.CH2O2/c7-6-2-1-4-3-5(4)6;2-1-3/h1-3,7H;1H,(H,2,3). The molecule has 3 heteroatoms. The smallest absolute Gasteiger partial charge is 0.290 e. The number of phenols is 1. The van der Waals surface area contributed by atoms with Crippen molar-refractivity contribution in [2.45, 2.75) is 0 Å². The van der Waals surface area contributed by atoms with Crippen LogP contribution in [0.1, 0.15) is 0 Å². The van der Waals surface area contributed by atoms with Gasteiger partial charge in [0.15, 0.2) is 0 Å². The van der Waals surface area contributed by atoms with Gasteiger partial charge in [-0.15, -0.1) is 0 Å². The number of aromatic hydroxyl groups is 1. The van der Waals surface area contributed by atoms with Crippen LogP contribution in [-0.2, 0) is 4.79 Å². The van der Waals surface area contributed by atoms with E-state index < -0.39 is 0 Å². The molecule has 2 aliphatic carbocycles. The SMILES string of the molecule is O=CO.Oc1ccc2cc1-2. The van der Waals surface area contributed by atoms with Crippen molar-refractivity contribution < 1.29 is 15.0 Å². The van der Waals surface area contributed by atoms with E-state index in [1.54, 1.807) is 6.07 Å². The first-order valence-electron chi connectivity index (χ1n) is 2.71. The predicted molar refractivity (Wildman–Crippen MR) is 35.8 cm³/mol. The van der Waals surface area contributed by atoms with Gasteiger partial charge < -0.3 is 10.2 Å². The van der Waals surface area contributed by atoms with Crippen molar-refractivity contribution >= 4 is 6.47 Å². The number of phenolic OH excluding ortho intramolecular Hbond substituents is 1. The molecule has 0 radical (unpaired) electrons. The Labute approximate surface area is 57.5 Å². The van der Waals surface area contributed by atoms with Crippen molar-refractivity contribution in [3.05, 3.63) is 18.2 Å². The zero-order chi connectivity index (χ0) is 7.56. The number of hydrogen-bond acceptors (Lipinski definition) is 2. The molecule has 0 heterocycles. The summed E-state index contributed by atoms with van der Waals surface area (Å²) in [5.41, 5.74) is 2.22. The number of fused-ring (bicyclic) bond motifs is 1. The molecule has 0 aromatic heterocycles. The Hall–Kier alpha value is -1.51. The van der Waals surface area contributed by atoms with E-state index in [4.69, 9.17) is 15.0 Å². The van der Waals surface area contributed by atoms with E-state index in [2.05, 4.69) is 0 Å². The van der Waals surface area contributed by atoms with E-state index in [-0.39, 0.29) is 6.47 Å². The number of rotatable bonds is 0. The molecule has 0 bridgehead atoms. The summed E-state index contributed by atoms with van der Waals surface area (Å²) in [6.45, 7) is -0.250. The molecule has 52 valence electrons. The molecule has 0 amide bonds. The van der Waals surface area contributed by atoms with E-state index in [9.17, 15) is 0 Å². The highest BCUT2D eigenvalue weighted by atomic mass is 16.3. The summed E-state index contributed by atoms with van der Waals surface area (Å²) < 4.78 is 0. The second-order valence-electron chi connectivity index (χ2n) is 1.84. The van der Waals surface area contributed by atoms with E-state index in [1.807, 2.05) is 12.1 Å². The van der Waals surface area contributed by atoms with Gasteiger partial charge in [-0.25, -0.2) is 0 Å². The molecule has 2 rings (SSSR count). The van der Waals surface area contributed by atoms with Gasteiger partial charge in [0.1, 0.15) is 5.75 Å². The Morgan fingerprint density at radius 2 is 2.00 bits per heavy atom. The lowest BCUT2D eigenvalue weighted by Gasteiger charge is -1.72. The highest BCUT2D eigenvalue weighted by Gasteiger charge is 2.15. The quantitative estimate of drug-likeness (QED) is 0.535. The first-order chi connectivity index (χ1) is 4.79. The summed E-state index contributed by atoms with van der Waals surface area (Å²) in [5.74, 6) is 0.426. The van der Waals surface area contributed by atoms with Crippen LogP contribution < -0.4 is 0 Å². The summed E-state index contributed by atoms with van der Waals surface area (Å²) in [5, 5.41) is 15.7. The van der Waals surface area contributed by atoms with Gasteiger partial charge in [-0.05, 0) is 17.7 Å². The fourth-order valence-electron chi connectivity index (χ4n) is 0.738. The Bertz CT molecular complexity index is 255. The summed E-state index contributed by atoms with van der Waals surface area (Å²) >= 11 is 0. The van der Waals surface area contributed by atoms with Crippen molar-refractivity contribution in [2.24, 2.45) is 0 Å². The lowest BCUT2D eigenvalue weighted by atomic mass is 10.5. The van der Waals surface area contributed by atoms with Gasteiger partial charge in [-0.2, -0.15) is 0 Å². The van der Waals surface area contributed by atoms with Crippen LogP contribution in [0.4, 0.5) is 0 Å². The average molecular weight is 138 g/mol. The lowest BCUT2D eigenvalue weighted by molar-refractivity contribution is -0.122. The zero-order valence-electron chi connectivity index (χ0n) is 5.11. The molecular weight excluding hydrogens is 132 g/mol. The molecule has 0 unspecified atom stereocenters. The van der Waals surface area contributed by atoms with Gasteiger partial charge in [-0.3, -0.25) is 4.79 Å². The minimum atomic E-state index is -0.250. The highest BCUT2D eigenvalue weighted by Crippen LogP contribution is 2.42. The monoisotopic (exact) mass is 138 g/mol. The molecule has 0 saturated heterocycles. The Balaban J connectivity index is 0.000000148. The van der Waals surface area contributed by atoms with Crippen molar-refractivity contribution in [1.29, 1.82) is 0 Å². The molecule has 0 saturated carbocycles. The van der Waals surface area contributed by atoms with E-state index >= 15 is 0 Å². The Morgan fingerprint density at radius 1 is 1.40 bits per heavy atom. The van der Waals surface area contributed by atoms with E-state index in [0.717, 1.165) is 5.56 Å². The van der Waals surface area contributed by atoms with E-state index in [1.165, 1.54) is 5.56 Å². The molecule has 10 heavy (non-hydrogen) atoms. The largest absolute Gasteiger partial charge is 0.507 e. The topological polar surface area (TPSA) is 57.5 Å². The molecule has 0 atom stereocenters. The van der Waals surface area contributed by atoms with Crippen LogP contribution in [0, 0.1) is 0 Å². The fraction of sp³-hybridized carbons (Fsp3) is 0. The summed E-state index contributed by atoms with van der Waals surface area (Å²) in [6, 6.07) is 5.57. The van der Waals surface area contributed by atoms with Gasteiger partial charge in [0, 0.05) is 5.56 Å². The van der Waals surface area contributed by atoms with Crippen LogP contribution in [0.2, 0.25) is 0 Å². The minimum absolute atomic E-state index is 0.250. The Kier molecular flexibility index (Phi) is 1.58. The maximum absolute atomic E-state index is 8.78. The maximum atomic E-state index is 8.78. The zero-order valence-corrected chi connectivity index (χ0v) is 5.11. The van der Waals surface area contributed by atoms with Crippen molar-refractivity contribution in [3.8, 4) is 16.9 Å². The number of benzene rings is 1. The minimum Gasteiger partial charge on any atom is -0.507 e. The molecule has 0 aromatic carbocycles. The third-order valence-corrected chi connectivity index (χ3v) is 1.22. The summed E-state index contributed by atoms with van der Waals surface area (Å²) in [7, 11) is 0. The van der Waals surface area contributed by atoms with Gasteiger partial charge in [0.25, 0.3) is 6.47 Å². The van der Waals surface area contributed by atoms with Gasteiger partial charge in [0.2, 0.25) is 0 Å². The first-order valence-corrected chi connectivity index (χ1v) is 2.71. The second kappa shape index (κ2) is 2.39. The van der Waals surface area contributed by atoms with Gasteiger partial charge in [0.05, 0.1) is 0 Å². The summed E-state index contributed by atoms with van der Waals surface area (Å²) in [4.78, 5) is 8.36. The number of hydrogen-bond donors (Lipinski definition) is 2. The second-order valence-corrected chi connectivity index (χ2v) is 1.84. The molecular formula is C7H6O3. The van der Waals surface area contributed by atoms with Crippen LogP contribution in [-0.4, -0.2) is 16.7 Å². The molecule has 3 nitrogen and oxygen atoms in total. The highest BCUT2D eigenvalue weighted by molar-refractivity contribution is 5.86. The molecule has 0 spiro atoms. The third-order valence-electron chi connectivity index (χ3n) is 1.22. The van der Waals surface area contributed by atoms with Crippen molar-refractivity contribution in [2.75, 3.05) is 0 Å². The van der Waals surface area contributed by atoms with Crippen LogP contribution in [0.15, 0.2) is 18.2 Å². The molecule has 2 aliphatic rings. The fourth-order valence-corrected chi connectivity index (χ4v) is 0.738. The number of carbonyl (C=O) groups is 1. The van der Waals surface area contributed by atoms with Crippen molar-refractivity contribution in [3.63, 3.8) is 0 Å². The molecule has 0 fully saturated rings. The van der Waals surface area contributed by atoms with Gasteiger partial charge >= 0.3 is 0 Å². The average Bonchev–Trinajstić information content (AvgIpc) is 2.57.